The number of thiophene rings is 1. The Bertz CT molecular complexity index is 437. The van der Waals surface area contributed by atoms with Gasteiger partial charge >= 0.3 is 0 Å². The van der Waals surface area contributed by atoms with Crippen LogP contribution in [0.4, 0.5) is 5.95 Å². The second-order valence-corrected chi connectivity index (χ2v) is 4.06. The maximum Gasteiger partial charge on any atom is 0.222 e. The van der Waals surface area contributed by atoms with Crippen LogP contribution in [0.2, 0.25) is 5.15 Å². The van der Waals surface area contributed by atoms with Crippen molar-refractivity contribution in [1.29, 1.82) is 0 Å². The van der Waals surface area contributed by atoms with E-state index >= 15 is 0 Å². The third kappa shape index (κ3) is 1.13. The minimum atomic E-state index is 0.227. The number of hydrogen-bond donors (Lipinski definition) is 1. The number of nitrogens with zero attached hydrogens (tertiary/aromatic N) is 2. The molecule has 0 saturated carbocycles. The summed E-state index contributed by atoms with van der Waals surface area (Å²) < 4.78 is 0.906. The fraction of sp³-hybridized carbons (Fsp3) is 0.143. The van der Waals surface area contributed by atoms with E-state index in [0.29, 0.717) is 5.15 Å². The number of halogens is 1. The van der Waals surface area contributed by atoms with Crippen LogP contribution in [0.15, 0.2) is 6.07 Å². The molecule has 3 nitrogen and oxygen atoms in total. The predicted octanol–water partition coefficient (Wildman–Crippen LogP) is 2.24. The van der Waals surface area contributed by atoms with Gasteiger partial charge in [-0.2, -0.15) is 4.98 Å². The van der Waals surface area contributed by atoms with Crippen molar-refractivity contribution in [1.82, 2.24) is 9.97 Å². The molecule has 2 N–H and O–H groups in total. The Morgan fingerprint density at radius 3 is 3.00 bits per heavy atom. The monoisotopic (exact) mass is 199 g/mol. The van der Waals surface area contributed by atoms with Crippen LogP contribution in [0.25, 0.3) is 10.2 Å². The van der Waals surface area contributed by atoms with Crippen molar-refractivity contribution < 1.29 is 0 Å². The molecule has 0 bridgehead atoms. The second kappa shape index (κ2) is 2.57. The van der Waals surface area contributed by atoms with Gasteiger partial charge in [0.1, 0.15) is 0 Å². The molecule has 0 aromatic carbocycles. The highest BCUT2D eigenvalue weighted by molar-refractivity contribution is 7.19. The predicted molar refractivity (Wildman–Crippen MR) is 51.6 cm³/mol. The molecule has 12 heavy (non-hydrogen) atoms. The lowest BCUT2D eigenvalue weighted by Gasteiger charge is -1.93. The van der Waals surface area contributed by atoms with Gasteiger partial charge in [0.25, 0.3) is 0 Å². The van der Waals surface area contributed by atoms with Crippen LogP contribution in [0.1, 0.15) is 4.88 Å². The average Bonchev–Trinajstić information content (AvgIpc) is 2.29. The Balaban J connectivity index is 2.88. The van der Waals surface area contributed by atoms with Crippen LogP contribution in [0.3, 0.4) is 0 Å². The minimum absolute atomic E-state index is 0.227. The van der Waals surface area contributed by atoms with Gasteiger partial charge in [-0.1, -0.05) is 11.6 Å². The zero-order valence-electron chi connectivity index (χ0n) is 6.34. The number of fused-ring (bicyclic) bond motifs is 1. The van der Waals surface area contributed by atoms with Crippen molar-refractivity contribution in [3.63, 3.8) is 0 Å². The van der Waals surface area contributed by atoms with Crippen molar-refractivity contribution in [2.24, 2.45) is 0 Å². The second-order valence-electron chi connectivity index (χ2n) is 2.44. The fourth-order valence-corrected chi connectivity index (χ4v) is 2.16. The van der Waals surface area contributed by atoms with E-state index in [1.54, 1.807) is 11.3 Å². The zero-order chi connectivity index (χ0) is 8.72. The molecular formula is C7H6ClN3S. The lowest BCUT2D eigenvalue weighted by atomic mass is 10.4. The van der Waals surface area contributed by atoms with E-state index < -0.39 is 0 Å². The SMILES string of the molecule is Cc1cc2nc(N)nc(Cl)c2s1. The number of aromatic nitrogens is 2. The summed E-state index contributed by atoms with van der Waals surface area (Å²) in [6.07, 6.45) is 0. The summed E-state index contributed by atoms with van der Waals surface area (Å²) in [6, 6.07) is 1.95. The molecule has 0 spiro atoms. The number of rotatable bonds is 0. The lowest BCUT2D eigenvalue weighted by Crippen LogP contribution is -1.93. The number of nitrogen functional groups attached to an aromatic ring is 1. The first-order valence-corrected chi connectivity index (χ1v) is 4.55. The molecule has 0 atom stereocenters. The molecule has 0 amide bonds. The van der Waals surface area contributed by atoms with Crippen molar-refractivity contribution in [2.45, 2.75) is 6.92 Å². The molecule has 2 aromatic heterocycles. The highest BCUT2D eigenvalue weighted by atomic mass is 35.5. The largest absolute Gasteiger partial charge is 0.368 e. The molecule has 0 aliphatic heterocycles. The molecular weight excluding hydrogens is 194 g/mol. The van der Waals surface area contributed by atoms with Gasteiger partial charge in [-0.05, 0) is 13.0 Å². The van der Waals surface area contributed by atoms with Crippen LogP contribution in [-0.4, -0.2) is 9.97 Å². The summed E-state index contributed by atoms with van der Waals surface area (Å²) >= 11 is 7.43. The van der Waals surface area contributed by atoms with Crippen LogP contribution >= 0.6 is 22.9 Å². The lowest BCUT2D eigenvalue weighted by molar-refractivity contribution is 1.25. The Hall–Kier alpha value is -0.870. The van der Waals surface area contributed by atoms with Gasteiger partial charge in [-0.25, -0.2) is 4.98 Å². The van der Waals surface area contributed by atoms with Crippen LogP contribution in [-0.2, 0) is 0 Å². The molecule has 2 aromatic rings. The molecule has 2 rings (SSSR count). The molecule has 5 heteroatoms. The molecule has 2 heterocycles. The van der Waals surface area contributed by atoms with Gasteiger partial charge in [0.2, 0.25) is 5.95 Å². The number of nitrogens with two attached hydrogens (primary N) is 1. The van der Waals surface area contributed by atoms with Gasteiger partial charge < -0.3 is 5.73 Å². The molecule has 0 aliphatic rings. The van der Waals surface area contributed by atoms with E-state index in [9.17, 15) is 0 Å². The molecule has 0 fully saturated rings. The number of hydrogen-bond acceptors (Lipinski definition) is 4. The third-order valence-corrected chi connectivity index (χ3v) is 2.90. The van der Waals surface area contributed by atoms with Crippen LogP contribution in [0.5, 0.6) is 0 Å². The van der Waals surface area contributed by atoms with Gasteiger partial charge in [0, 0.05) is 4.88 Å². The number of aryl methyl sites for hydroxylation is 1. The first kappa shape index (κ1) is 7.76. The Kier molecular flexibility index (Phi) is 1.66. The maximum absolute atomic E-state index is 5.85. The van der Waals surface area contributed by atoms with Gasteiger partial charge in [0.05, 0.1) is 10.2 Å². The Labute approximate surface area is 78.2 Å². The fourth-order valence-electron chi connectivity index (χ4n) is 1.03. The summed E-state index contributed by atoms with van der Waals surface area (Å²) in [6.45, 7) is 2.00. The maximum atomic E-state index is 5.85. The van der Waals surface area contributed by atoms with E-state index in [-0.39, 0.29) is 5.95 Å². The van der Waals surface area contributed by atoms with E-state index in [0.717, 1.165) is 15.1 Å². The van der Waals surface area contributed by atoms with E-state index in [1.165, 1.54) is 0 Å². The summed E-state index contributed by atoms with van der Waals surface area (Å²) in [5, 5.41) is 0.440. The highest BCUT2D eigenvalue weighted by Gasteiger charge is 2.06. The van der Waals surface area contributed by atoms with Crippen LogP contribution < -0.4 is 5.73 Å². The van der Waals surface area contributed by atoms with Crippen molar-refractivity contribution in [3.8, 4) is 0 Å². The highest BCUT2D eigenvalue weighted by Crippen LogP contribution is 2.29. The van der Waals surface area contributed by atoms with Crippen molar-refractivity contribution >= 4 is 39.1 Å². The Morgan fingerprint density at radius 1 is 1.50 bits per heavy atom. The normalized spacial score (nSPS) is 10.8. The van der Waals surface area contributed by atoms with Crippen LogP contribution in [0, 0.1) is 6.92 Å². The van der Waals surface area contributed by atoms with E-state index in [1.807, 2.05) is 13.0 Å². The van der Waals surface area contributed by atoms with Gasteiger partial charge in [-0.15, -0.1) is 11.3 Å². The molecule has 62 valence electrons. The minimum Gasteiger partial charge on any atom is -0.368 e. The van der Waals surface area contributed by atoms with Gasteiger partial charge in [0.15, 0.2) is 5.15 Å². The third-order valence-electron chi connectivity index (χ3n) is 1.47. The summed E-state index contributed by atoms with van der Waals surface area (Å²) in [7, 11) is 0. The van der Waals surface area contributed by atoms with Crippen molar-refractivity contribution in [3.05, 3.63) is 16.1 Å². The standard InChI is InChI=1S/C7H6ClN3S/c1-3-2-4-5(12-3)6(8)11-7(9)10-4/h2H,1H3,(H2,9,10,11). The van der Waals surface area contributed by atoms with Gasteiger partial charge in [-0.3, -0.25) is 0 Å². The summed E-state index contributed by atoms with van der Waals surface area (Å²) in [5.74, 6) is 0.227. The zero-order valence-corrected chi connectivity index (χ0v) is 7.91. The number of anilines is 1. The molecule has 0 saturated heterocycles. The molecule has 0 aliphatic carbocycles. The topological polar surface area (TPSA) is 51.8 Å². The molecule has 0 radical (unpaired) electrons. The molecule has 0 unspecified atom stereocenters. The quantitative estimate of drug-likeness (QED) is 0.662. The summed E-state index contributed by atoms with van der Waals surface area (Å²) in [4.78, 5) is 9.07. The first-order chi connectivity index (χ1) is 5.66. The van der Waals surface area contributed by atoms with E-state index in [2.05, 4.69) is 9.97 Å². The average molecular weight is 200 g/mol. The Morgan fingerprint density at radius 2 is 2.25 bits per heavy atom. The first-order valence-electron chi connectivity index (χ1n) is 3.36. The summed E-state index contributed by atoms with van der Waals surface area (Å²) in [5.41, 5.74) is 6.26. The smallest absolute Gasteiger partial charge is 0.222 e. The van der Waals surface area contributed by atoms with E-state index in [4.69, 9.17) is 17.3 Å². The van der Waals surface area contributed by atoms with Crippen molar-refractivity contribution in [2.75, 3.05) is 5.73 Å².